The molecular formula is C7H19NS. The van der Waals surface area contributed by atoms with E-state index in [1.165, 1.54) is 18.6 Å². The van der Waals surface area contributed by atoms with Gasteiger partial charge in [0.1, 0.15) is 0 Å². The summed E-state index contributed by atoms with van der Waals surface area (Å²) in [6, 6.07) is 0. The molecule has 0 unspecified atom stereocenters. The van der Waals surface area contributed by atoms with E-state index in [0.717, 1.165) is 6.54 Å². The molecular weight excluding hydrogens is 130 g/mol. The standard InChI is InChI=1S/C7H19NS/c1-9(2,3)7-5-4-6-8/h4-8H2,1-3H3. The summed E-state index contributed by atoms with van der Waals surface area (Å²) in [6.07, 6.45) is 9.57. The van der Waals surface area contributed by atoms with Crippen LogP contribution in [0.5, 0.6) is 0 Å². The SMILES string of the molecule is CS(C)(C)CCCCN. The van der Waals surface area contributed by atoms with Crippen LogP contribution in [-0.2, 0) is 0 Å². The summed E-state index contributed by atoms with van der Waals surface area (Å²) in [5.74, 6) is 1.38. The van der Waals surface area contributed by atoms with Gasteiger partial charge >= 0.3 is 0 Å². The summed E-state index contributed by atoms with van der Waals surface area (Å²) in [6.45, 7) is 0.857. The van der Waals surface area contributed by atoms with Crippen molar-refractivity contribution in [1.29, 1.82) is 0 Å². The van der Waals surface area contributed by atoms with E-state index in [-0.39, 0.29) is 10.0 Å². The first-order valence-corrected chi connectivity index (χ1v) is 6.45. The Morgan fingerprint density at radius 1 is 1.11 bits per heavy atom. The summed E-state index contributed by atoms with van der Waals surface area (Å²) in [4.78, 5) is 0. The van der Waals surface area contributed by atoms with Crippen molar-refractivity contribution in [2.75, 3.05) is 31.1 Å². The van der Waals surface area contributed by atoms with Crippen LogP contribution in [0.25, 0.3) is 0 Å². The Balaban J connectivity index is 3.07. The highest BCUT2D eigenvalue weighted by molar-refractivity contribution is 8.32. The van der Waals surface area contributed by atoms with Gasteiger partial charge in [-0.15, -0.1) is 0 Å². The average molecular weight is 149 g/mol. The van der Waals surface area contributed by atoms with E-state index < -0.39 is 0 Å². The van der Waals surface area contributed by atoms with Crippen LogP contribution in [0.2, 0.25) is 0 Å². The number of hydrogen-bond acceptors (Lipinski definition) is 1. The zero-order chi connectivity index (χ0) is 7.33. The van der Waals surface area contributed by atoms with Crippen molar-refractivity contribution >= 4 is 10.0 Å². The smallest absolute Gasteiger partial charge is 0.00770 e. The fraction of sp³-hybridized carbons (Fsp3) is 1.00. The maximum atomic E-state index is 5.37. The average Bonchev–Trinajstić information content (AvgIpc) is 1.63. The second-order valence-electron chi connectivity index (χ2n) is 3.29. The number of unbranched alkanes of at least 4 members (excludes halogenated alkanes) is 1. The summed E-state index contributed by atoms with van der Waals surface area (Å²) in [5.41, 5.74) is 5.37. The van der Waals surface area contributed by atoms with E-state index >= 15 is 0 Å². The third kappa shape index (κ3) is 8.31. The molecule has 2 heteroatoms. The Morgan fingerprint density at radius 3 is 2.00 bits per heavy atom. The monoisotopic (exact) mass is 149 g/mol. The third-order valence-corrected chi connectivity index (χ3v) is 2.72. The zero-order valence-corrected chi connectivity index (χ0v) is 7.63. The molecule has 0 saturated carbocycles. The molecule has 0 aliphatic carbocycles. The van der Waals surface area contributed by atoms with Gasteiger partial charge in [-0.05, 0) is 43.9 Å². The van der Waals surface area contributed by atoms with E-state index in [1.54, 1.807) is 0 Å². The maximum Gasteiger partial charge on any atom is -0.00770 e. The van der Waals surface area contributed by atoms with E-state index in [1.807, 2.05) is 0 Å². The molecule has 0 spiro atoms. The van der Waals surface area contributed by atoms with Crippen molar-refractivity contribution in [2.45, 2.75) is 12.8 Å². The molecule has 2 N–H and O–H groups in total. The minimum Gasteiger partial charge on any atom is -0.330 e. The molecule has 0 aliphatic rings. The van der Waals surface area contributed by atoms with Crippen LogP contribution in [0, 0.1) is 0 Å². The molecule has 0 atom stereocenters. The molecule has 9 heavy (non-hydrogen) atoms. The quantitative estimate of drug-likeness (QED) is 0.601. The Labute approximate surface area is 60.3 Å². The van der Waals surface area contributed by atoms with Gasteiger partial charge < -0.3 is 5.73 Å². The van der Waals surface area contributed by atoms with Crippen LogP contribution in [0.3, 0.4) is 0 Å². The number of hydrogen-bond donors (Lipinski definition) is 1. The van der Waals surface area contributed by atoms with Crippen LogP contribution >= 0.6 is 10.0 Å². The van der Waals surface area contributed by atoms with Gasteiger partial charge in [0.2, 0.25) is 0 Å². The molecule has 0 aromatic heterocycles. The summed E-state index contributed by atoms with van der Waals surface area (Å²) in [7, 11) is -0.252. The number of nitrogens with two attached hydrogens (primary N) is 1. The molecule has 0 rings (SSSR count). The highest BCUT2D eigenvalue weighted by atomic mass is 32.3. The van der Waals surface area contributed by atoms with Gasteiger partial charge in [0.25, 0.3) is 0 Å². The fourth-order valence-electron chi connectivity index (χ4n) is 0.679. The van der Waals surface area contributed by atoms with Crippen LogP contribution in [0.15, 0.2) is 0 Å². The lowest BCUT2D eigenvalue weighted by molar-refractivity contribution is 0.812. The lowest BCUT2D eigenvalue weighted by Crippen LogP contribution is -2.03. The van der Waals surface area contributed by atoms with Crippen molar-refractivity contribution in [3.63, 3.8) is 0 Å². The summed E-state index contributed by atoms with van der Waals surface area (Å²) in [5, 5.41) is 0. The molecule has 0 aromatic carbocycles. The molecule has 1 nitrogen and oxygen atoms in total. The molecule has 0 radical (unpaired) electrons. The Morgan fingerprint density at radius 2 is 1.67 bits per heavy atom. The van der Waals surface area contributed by atoms with Crippen LogP contribution in [0.4, 0.5) is 0 Å². The molecule has 0 saturated heterocycles. The second kappa shape index (κ2) is 4.18. The predicted octanol–water partition coefficient (Wildman–Crippen LogP) is 1.42. The topological polar surface area (TPSA) is 26.0 Å². The Kier molecular flexibility index (Phi) is 4.32. The van der Waals surface area contributed by atoms with E-state index in [9.17, 15) is 0 Å². The van der Waals surface area contributed by atoms with E-state index in [0.29, 0.717) is 0 Å². The predicted molar refractivity (Wildman–Crippen MR) is 48.5 cm³/mol. The van der Waals surface area contributed by atoms with Crippen LogP contribution < -0.4 is 5.73 Å². The maximum absolute atomic E-state index is 5.37. The highest BCUT2D eigenvalue weighted by Gasteiger charge is 2.01. The van der Waals surface area contributed by atoms with Crippen molar-refractivity contribution in [1.82, 2.24) is 0 Å². The van der Waals surface area contributed by atoms with E-state index in [2.05, 4.69) is 18.8 Å². The first-order valence-electron chi connectivity index (χ1n) is 3.42. The van der Waals surface area contributed by atoms with Crippen molar-refractivity contribution < 1.29 is 0 Å². The molecule has 0 heterocycles. The van der Waals surface area contributed by atoms with Crippen LogP contribution in [0.1, 0.15) is 12.8 Å². The third-order valence-electron chi connectivity index (χ3n) is 1.21. The molecule has 0 aromatic rings. The van der Waals surface area contributed by atoms with E-state index in [4.69, 9.17) is 5.73 Å². The number of rotatable bonds is 4. The second-order valence-corrected chi connectivity index (χ2v) is 7.88. The van der Waals surface area contributed by atoms with Gasteiger partial charge in [-0.1, -0.05) is 0 Å². The summed E-state index contributed by atoms with van der Waals surface area (Å²) >= 11 is 0. The largest absolute Gasteiger partial charge is 0.330 e. The molecule has 0 fully saturated rings. The summed E-state index contributed by atoms with van der Waals surface area (Å²) < 4.78 is 0. The van der Waals surface area contributed by atoms with Gasteiger partial charge in [-0.2, -0.15) is 0 Å². The lowest BCUT2D eigenvalue weighted by atomic mass is 10.3. The van der Waals surface area contributed by atoms with Gasteiger partial charge in [-0.25, -0.2) is 10.0 Å². The first kappa shape index (κ1) is 9.31. The van der Waals surface area contributed by atoms with Gasteiger partial charge in [0, 0.05) is 0 Å². The van der Waals surface area contributed by atoms with Gasteiger partial charge in [0.15, 0.2) is 0 Å². The normalized spacial score (nSPS) is 13.8. The fourth-order valence-corrected chi connectivity index (χ4v) is 1.75. The van der Waals surface area contributed by atoms with Gasteiger partial charge in [-0.3, -0.25) is 0 Å². The minimum atomic E-state index is -0.252. The van der Waals surface area contributed by atoms with Crippen LogP contribution in [-0.4, -0.2) is 31.1 Å². The van der Waals surface area contributed by atoms with Crippen molar-refractivity contribution in [2.24, 2.45) is 5.73 Å². The molecule has 0 amide bonds. The zero-order valence-electron chi connectivity index (χ0n) is 6.81. The first-order chi connectivity index (χ1) is 4.06. The van der Waals surface area contributed by atoms with Crippen molar-refractivity contribution in [3.05, 3.63) is 0 Å². The lowest BCUT2D eigenvalue weighted by Gasteiger charge is -2.24. The minimum absolute atomic E-state index is 0.252. The Hall–Kier alpha value is 0.310. The molecule has 58 valence electrons. The molecule has 0 bridgehead atoms. The van der Waals surface area contributed by atoms with Crippen molar-refractivity contribution in [3.8, 4) is 0 Å². The van der Waals surface area contributed by atoms with Gasteiger partial charge in [0.05, 0.1) is 0 Å². The molecule has 0 aliphatic heterocycles. The Bertz CT molecular complexity index is 65.8. The highest BCUT2D eigenvalue weighted by Crippen LogP contribution is 2.35.